The van der Waals surface area contributed by atoms with Crippen LogP contribution in [0.15, 0.2) is 18.2 Å². The number of aliphatic carboxylic acids is 1. The molecule has 1 heterocycles. The molecule has 1 aromatic heterocycles. The zero-order valence-corrected chi connectivity index (χ0v) is 9.80. The van der Waals surface area contributed by atoms with Crippen molar-refractivity contribution >= 4 is 17.7 Å². The molecule has 2 rings (SSSR count). The molecule has 96 valence electrons. The number of carboxylic acids is 1. The fourth-order valence-corrected chi connectivity index (χ4v) is 2.27. The van der Waals surface area contributed by atoms with Crippen LogP contribution in [0.4, 0.5) is 5.82 Å². The van der Waals surface area contributed by atoms with Crippen LogP contribution in [-0.2, 0) is 4.79 Å². The van der Waals surface area contributed by atoms with Gasteiger partial charge in [0, 0.05) is 6.04 Å². The summed E-state index contributed by atoms with van der Waals surface area (Å²) in [6.45, 7) is 0. The molecule has 0 bridgehead atoms. The van der Waals surface area contributed by atoms with Crippen LogP contribution in [-0.4, -0.2) is 28.0 Å². The number of carbonyl (C=O) groups is 2. The molecule has 0 radical (unpaired) electrons. The topological polar surface area (TPSA) is 105 Å². The molecule has 1 saturated carbocycles. The quantitative estimate of drug-likeness (QED) is 0.733. The minimum absolute atomic E-state index is 0.141. The molecule has 4 N–H and O–H groups in total. The van der Waals surface area contributed by atoms with Gasteiger partial charge in [-0.25, -0.2) is 4.98 Å². The summed E-state index contributed by atoms with van der Waals surface area (Å²) in [5.41, 5.74) is 5.31. The van der Waals surface area contributed by atoms with Crippen LogP contribution in [0.2, 0.25) is 0 Å². The molecule has 0 aromatic carbocycles. The predicted molar refractivity (Wildman–Crippen MR) is 65.1 cm³/mol. The first-order valence-corrected chi connectivity index (χ1v) is 5.84. The second-order valence-corrected chi connectivity index (χ2v) is 4.40. The van der Waals surface area contributed by atoms with Crippen molar-refractivity contribution in [2.24, 2.45) is 11.7 Å². The summed E-state index contributed by atoms with van der Waals surface area (Å²) in [4.78, 5) is 26.1. The maximum absolute atomic E-state index is 11.0. The number of hydrogen-bond donors (Lipinski definition) is 3. The number of pyridine rings is 1. The van der Waals surface area contributed by atoms with Crippen LogP contribution in [0.1, 0.15) is 29.8 Å². The SMILES string of the molecule is NC(=O)c1cccc(NC2CCCC2C(=O)O)n1. The van der Waals surface area contributed by atoms with E-state index in [1.807, 2.05) is 0 Å². The second kappa shape index (κ2) is 5.03. The van der Waals surface area contributed by atoms with Gasteiger partial charge in [0.05, 0.1) is 5.92 Å². The van der Waals surface area contributed by atoms with Gasteiger partial charge in [0.1, 0.15) is 11.5 Å². The molecule has 18 heavy (non-hydrogen) atoms. The van der Waals surface area contributed by atoms with E-state index in [9.17, 15) is 9.59 Å². The van der Waals surface area contributed by atoms with Crippen molar-refractivity contribution < 1.29 is 14.7 Å². The molecule has 0 saturated heterocycles. The zero-order chi connectivity index (χ0) is 13.1. The Morgan fingerprint density at radius 2 is 2.17 bits per heavy atom. The number of anilines is 1. The number of amides is 1. The molecule has 2 unspecified atom stereocenters. The van der Waals surface area contributed by atoms with E-state index in [1.54, 1.807) is 12.1 Å². The highest BCUT2D eigenvalue weighted by molar-refractivity contribution is 5.91. The number of primary amides is 1. The fourth-order valence-electron chi connectivity index (χ4n) is 2.27. The molecular weight excluding hydrogens is 234 g/mol. The van der Waals surface area contributed by atoms with E-state index in [1.165, 1.54) is 6.07 Å². The van der Waals surface area contributed by atoms with Gasteiger partial charge in [-0.15, -0.1) is 0 Å². The summed E-state index contributed by atoms with van der Waals surface area (Å²) in [6, 6.07) is 4.75. The molecular formula is C12H15N3O3. The Bertz CT molecular complexity index is 475. The summed E-state index contributed by atoms with van der Waals surface area (Å²) in [5, 5.41) is 12.1. The van der Waals surface area contributed by atoms with Crippen molar-refractivity contribution in [3.63, 3.8) is 0 Å². The first-order valence-electron chi connectivity index (χ1n) is 5.84. The van der Waals surface area contributed by atoms with E-state index >= 15 is 0 Å². The Labute approximate surface area is 104 Å². The lowest BCUT2D eigenvalue weighted by Gasteiger charge is -2.18. The molecule has 1 aliphatic rings. The number of nitrogens with one attached hydrogen (secondary N) is 1. The normalized spacial score (nSPS) is 22.7. The van der Waals surface area contributed by atoms with Crippen molar-refractivity contribution in [2.45, 2.75) is 25.3 Å². The van der Waals surface area contributed by atoms with Gasteiger partial charge in [-0.3, -0.25) is 9.59 Å². The van der Waals surface area contributed by atoms with Gasteiger partial charge in [-0.2, -0.15) is 0 Å². The molecule has 6 nitrogen and oxygen atoms in total. The largest absolute Gasteiger partial charge is 0.481 e. The Balaban J connectivity index is 2.11. The van der Waals surface area contributed by atoms with E-state index in [4.69, 9.17) is 10.8 Å². The number of aromatic nitrogens is 1. The third-order valence-electron chi connectivity index (χ3n) is 3.17. The van der Waals surface area contributed by atoms with Gasteiger partial charge in [-0.05, 0) is 25.0 Å². The number of nitrogens with two attached hydrogens (primary N) is 1. The fraction of sp³-hybridized carbons (Fsp3) is 0.417. The molecule has 1 aliphatic carbocycles. The molecule has 2 atom stereocenters. The minimum Gasteiger partial charge on any atom is -0.481 e. The van der Waals surface area contributed by atoms with Gasteiger partial charge < -0.3 is 16.2 Å². The maximum Gasteiger partial charge on any atom is 0.308 e. The lowest BCUT2D eigenvalue weighted by Crippen LogP contribution is -2.30. The van der Waals surface area contributed by atoms with Crippen LogP contribution >= 0.6 is 0 Å². The van der Waals surface area contributed by atoms with Gasteiger partial charge in [-0.1, -0.05) is 12.5 Å². The first-order chi connectivity index (χ1) is 8.58. The van der Waals surface area contributed by atoms with Gasteiger partial charge in [0.15, 0.2) is 0 Å². The van der Waals surface area contributed by atoms with E-state index in [0.29, 0.717) is 12.2 Å². The molecule has 1 fully saturated rings. The summed E-state index contributed by atoms with van der Waals surface area (Å²) < 4.78 is 0. The summed E-state index contributed by atoms with van der Waals surface area (Å²) in [5.74, 6) is -1.30. The van der Waals surface area contributed by atoms with Crippen LogP contribution in [0, 0.1) is 5.92 Å². The summed E-state index contributed by atoms with van der Waals surface area (Å²) >= 11 is 0. The van der Waals surface area contributed by atoms with Gasteiger partial charge >= 0.3 is 5.97 Å². The number of nitrogens with zero attached hydrogens (tertiary/aromatic N) is 1. The third-order valence-corrected chi connectivity index (χ3v) is 3.17. The lowest BCUT2D eigenvalue weighted by molar-refractivity contribution is -0.141. The van der Waals surface area contributed by atoms with Crippen molar-refractivity contribution in [3.8, 4) is 0 Å². The van der Waals surface area contributed by atoms with Crippen LogP contribution < -0.4 is 11.1 Å². The zero-order valence-electron chi connectivity index (χ0n) is 9.80. The van der Waals surface area contributed by atoms with E-state index < -0.39 is 17.8 Å². The average molecular weight is 249 g/mol. The van der Waals surface area contributed by atoms with Crippen LogP contribution in [0.3, 0.4) is 0 Å². The Morgan fingerprint density at radius 3 is 2.83 bits per heavy atom. The van der Waals surface area contributed by atoms with Gasteiger partial charge in [0.2, 0.25) is 0 Å². The smallest absolute Gasteiger partial charge is 0.308 e. The van der Waals surface area contributed by atoms with Gasteiger partial charge in [0.25, 0.3) is 5.91 Å². The molecule has 0 spiro atoms. The summed E-state index contributed by atoms with van der Waals surface area (Å²) in [7, 11) is 0. The van der Waals surface area contributed by atoms with E-state index in [-0.39, 0.29) is 11.7 Å². The highest BCUT2D eigenvalue weighted by atomic mass is 16.4. The average Bonchev–Trinajstić information content (AvgIpc) is 2.77. The van der Waals surface area contributed by atoms with Crippen LogP contribution in [0.5, 0.6) is 0 Å². The number of hydrogen-bond acceptors (Lipinski definition) is 4. The number of carboxylic acid groups (broad SMARTS) is 1. The standard InChI is InChI=1S/C12H15N3O3/c13-11(16)9-5-2-6-10(15-9)14-8-4-1-3-7(8)12(17)18/h2,5-8H,1,3-4H2,(H2,13,16)(H,14,15)(H,17,18). The monoisotopic (exact) mass is 249 g/mol. The number of carbonyl (C=O) groups excluding carboxylic acids is 1. The molecule has 1 amide bonds. The van der Waals surface area contributed by atoms with Crippen molar-refractivity contribution in [1.82, 2.24) is 4.98 Å². The van der Waals surface area contributed by atoms with Crippen molar-refractivity contribution in [3.05, 3.63) is 23.9 Å². The number of rotatable bonds is 4. The maximum atomic E-state index is 11.0. The highest BCUT2D eigenvalue weighted by Crippen LogP contribution is 2.28. The van der Waals surface area contributed by atoms with E-state index in [2.05, 4.69) is 10.3 Å². The van der Waals surface area contributed by atoms with Crippen molar-refractivity contribution in [1.29, 1.82) is 0 Å². The Morgan fingerprint density at radius 1 is 1.39 bits per heavy atom. The highest BCUT2D eigenvalue weighted by Gasteiger charge is 2.32. The molecule has 6 heteroatoms. The third kappa shape index (κ3) is 2.58. The lowest BCUT2D eigenvalue weighted by atomic mass is 10.0. The van der Waals surface area contributed by atoms with Crippen LogP contribution in [0.25, 0.3) is 0 Å². The summed E-state index contributed by atoms with van der Waals surface area (Å²) in [6.07, 6.45) is 2.34. The minimum atomic E-state index is -0.795. The molecule has 0 aliphatic heterocycles. The van der Waals surface area contributed by atoms with Crippen molar-refractivity contribution in [2.75, 3.05) is 5.32 Å². The molecule has 1 aromatic rings. The Kier molecular flexibility index (Phi) is 3.45. The Hall–Kier alpha value is -2.11. The second-order valence-electron chi connectivity index (χ2n) is 4.40. The predicted octanol–water partition coefficient (Wildman–Crippen LogP) is 0.846. The van der Waals surface area contributed by atoms with E-state index in [0.717, 1.165) is 12.8 Å². The first kappa shape index (κ1) is 12.3.